The van der Waals surface area contributed by atoms with E-state index in [0.29, 0.717) is 18.6 Å². The fourth-order valence-corrected chi connectivity index (χ4v) is 2.57. The van der Waals surface area contributed by atoms with Crippen LogP contribution in [0.2, 0.25) is 0 Å². The fourth-order valence-electron chi connectivity index (χ4n) is 2.21. The van der Waals surface area contributed by atoms with Crippen LogP contribution in [0.4, 0.5) is 0 Å². The largest absolute Gasteiger partial charge is 0.299 e. The summed E-state index contributed by atoms with van der Waals surface area (Å²) in [4.78, 5) is 11.9. The molecule has 0 aromatic heterocycles. The van der Waals surface area contributed by atoms with Gasteiger partial charge in [0.15, 0.2) is 0 Å². The van der Waals surface area contributed by atoms with Gasteiger partial charge in [-0.3, -0.25) is 4.79 Å². The van der Waals surface area contributed by atoms with E-state index in [2.05, 4.69) is 52.9 Å². The quantitative estimate of drug-likeness (QED) is 0.590. The maximum atomic E-state index is 11.9. The molecule has 2 rings (SSSR count). The van der Waals surface area contributed by atoms with Gasteiger partial charge in [-0.25, -0.2) is 0 Å². The molecule has 0 aliphatic heterocycles. The Hall–Kier alpha value is -0.640. The van der Waals surface area contributed by atoms with Crippen molar-refractivity contribution < 1.29 is 4.79 Å². The van der Waals surface area contributed by atoms with Gasteiger partial charge in [0.1, 0.15) is 5.78 Å². The lowest BCUT2D eigenvalue weighted by Gasteiger charge is -2.11. The van der Waals surface area contributed by atoms with Gasteiger partial charge < -0.3 is 0 Å². The molecule has 90 valence electrons. The van der Waals surface area contributed by atoms with E-state index in [-0.39, 0.29) is 0 Å². The van der Waals surface area contributed by atoms with E-state index in [1.54, 1.807) is 0 Å². The minimum atomic E-state index is 0.347. The van der Waals surface area contributed by atoms with E-state index in [1.165, 1.54) is 22.0 Å². The van der Waals surface area contributed by atoms with Gasteiger partial charge in [0.2, 0.25) is 0 Å². The fraction of sp³-hybridized carbons (Fsp3) is 0.400. The van der Waals surface area contributed by atoms with E-state index in [9.17, 15) is 4.79 Å². The lowest BCUT2D eigenvalue weighted by Crippen LogP contribution is -2.05. The minimum Gasteiger partial charge on any atom is -0.299 e. The Morgan fingerprint density at radius 1 is 1.12 bits per heavy atom. The maximum Gasteiger partial charge on any atom is 0.141 e. The molecule has 1 aromatic carbocycles. The Morgan fingerprint density at radius 3 is 2.53 bits per heavy atom. The van der Waals surface area contributed by atoms with Crippen molar-refractivity contribution in [3.05, 3.63) is 45.0 Å². The summed E-state index contributed by atoms with van der Waals surface area (Å²) in [5.41, 5.74) is 2.48. The zero-order chi connectivity index (χ0) is 12.1. The zero-order valence-electron chi connectivity index (χ0n) is 9.92. The van der Waals surface area contributed by atoms with Crippen molar-refractivity contribution in [1.29, 1.82) is 0 Å². The maximum absolute atomic E-state index is 11.9. The molecule has 2 heteroatoms. The Balaban J connectivity index is 1.88. The summed E-state index contributed by atoms with van der Waals surface area (Å²) < 4.78 is 1.22. The molecule has 0 saturated heterocycles. The summed E-state index contributed by atoms with van der Waals surface area (Å²) >= 11 is 2.28. The molecule has 0 bridgehead atoms. The van der Waals surface area contributed by atoms with Crippen molar-refractivity contribution in [2.45, 2.75) is 38.5 Å². The summed E-state index contributed by atoms with van der Waals surface area (Å²) in [6.45, 7) is 0. The first-order valence-corrected chi connectivity index (χ1v) is 7.26. The number of Topliss-reactive ketones (excluding diaryl/α,β-unsaturated/α-hetero) is 1. The first-order valence-electron chi connectivity index (χ1n) is 6.18. The molecule has 17 heavy (non-hydrogen) atoms. The molecule has 0 spiro atoms. The summed E-state index contributed by atoms with van der Waals surface area (Å²) in [6.07, 6.45) is 8.32. The van der Waals surface area contributed by atoms with Crippen LogP contribution in [0.15, 0.2) is 35.9 Å². The van der Waals surface area contributed by atoms with Gasteiger partial charge in [0.05, 0.1) is 0 Å². The highest BCUT2D eigenvalue weighted by atomic mass is 127. The van der Waals surface area contributed by atoms with Gasteiger partial charge in [-0.2, -0.15) is 0 Å². The summed E-state index contributed by atoms with van der Waals surface area (Å²) in [6, 6.07) is 8.22. The predicted molar refractivity (Wildman–Crippen MR) is 79.0 cm³/mol. The highest BCUT2D eigenvalue weighted by Gasteiger charge is 2.09. The van der Waals surface area contributed by atoms with Crippen LogP contribution in [-0.4, -0.2) is 5.78 Å². The van der Waals surface area contributed by atoms with Gasteiger partial charge >= 0.3 is 0 Å². The molecule has 0 heterocycles. The molecule has 1 aromatic rings. The number of carbonyl (C=O) groups is 1. The van der Waals surface area contributed by atoms with E-state index >= 15 is 0 Å². The zero-order valence-corrected chi connectivity index (χ0v) is 12.1. The average Bonchev–Trinajstić information content (AvgIpc) is 2.33. The summed E-state index contributed by atoms with van der Waals surface area (Å²) in [7, 11) is 0. The molecule has 0 unspecified atom stereocenters. The van der Waals surface area contributed by atoms with Crippen molar-refractivity contribution >= 4 is 28.4 Å². The second kappa shape index (κ2) is 6.34. The van der Waals surface area contributed by atoms with E-state index in [0.717, 1.165) is 18.4 Å². The van der Waals surface area contributed by atoms with Crippen molar-refractivity contribution in [2.75, 3.05) is 0 Å². The molecule has 1 aliphatic carbocycles. The molecule has 0 N–H and O–H groups in total. The minimum absolute atomic E-state index is 0.347. The molecule has 0 fully saturated rings. The third kappa shape index (κ3) is 4.26. The van der Waals surface area contributed by atoms with Gasteiger partial charge in [-0.1, -0.05) is 23.8 Å². The Morgan fingerprint density at radius 2 is 1.88 bits per heavy atom. The van der Waals surface area contributed by atoms with Crippen LogP contribution in [0.3, 0.4) is 0 Å². The van der Waals surface area contributed by atoms with Gasteiger partial charge in [-0.15, -0.1) is 0 Å². The Labute approximate surface area is 116 Å². The molecular weight excluding hydrogens is 323 g/mol. The lowest BCUT2D eigenvalue weighted by atomic mass is 9.94. The van der Waals surface area contributed by atoms with Crippen LogP contribution < -0.4 is 0 Å². The first-order chi connectivity index (χ1) is 8.24. The number of benzene rings is 1. The molecule has 1 aliphatic rings. The van der Waals surface area contributed by atoms with Gasteiger partial charge in [-0.05, 0) is 66.0 Å². The number of carbonyl (C=O) groups excluding carboxylic acids is 1. The lowest BCUT2D eigenvalue weighted by molar-refractivity contribution is -0.117. The van der Waals surface area contributed by atoms with Crippen LogP contribution in [0.25, 0.3) is 0 Å². The highest BCUT2D eigenvalue weighted by molar-refractivity contribution is 14.1. The van der Waals surface area contributed by atoms with E-state index in [4.69, 9.17) is 0 Å². The van der Waals surface area contributed by atoms with Crippen molar-refractivity contribution in [1.82, 2.24) is 0 Å². The average molecular weight is 340 g/mol. The van der Waals surface area contributed by atoms with Crippen LogP contribution in [0.5, 0.6) is 0 Å². The van der Waals surface area contributed by atoms with Crippen LogP contribution in [-0.2, 0) is 11.2 Å². The number of halogens is 1. The summed E-state index contributed by atoms with van der Waals surface area (Å²) in [5, 5.41) is 0. The summed E-state index contributed by atoms with van der Waals surface area (Å²) in [5.74, 6) is 0.347. The van der Waals surface area contributed by atoms with E-state index in [1.807, 2.05) is 0 Å². The number of hydrogen-bond donors (Lipinski definition) is 0. The topological polar surface area (TPSA) is 17.1 Å². The monoisotopic (exact) mass is 340 g/mol. The molecule has 0 amide bonds. The molecule has 0 radical (unpaired) electrons. The van der Waals surface area contributed by atoms with Crippen LogP contribution in [0.1, 0.15) is 37.7 Å². The SMILES string of the molecule is O=C(CC1=CCCCC1)Cc1ccc(I)cc1. The standard InChI is InChI=1S/C15H17IO/c16-14-8-6-13(7-9-14)11-15(17)10-12-4-2-1-3-5-12/h4,6-9H,1-3,5,10-11H2. The van der Waals surface area contributed by atoms with Crippen molar-refractivity contribution in [3.63, 3.8) is 0 Å². The predicted octanol–water partition coefficient (Wildman–Crippen LogP) is 4.29. The second-order valence-electron chi connectivity index (χ2n) is 4.63. The van der Waals surface area contributed by atoms with Gasteiger partial charge in [0.25, 0.3) is 0 Å². The number of hydrogen-bond acceptors (Lipinski definition) is 1. The van der Waals surface area contributed by atoms with Crippen LogP contribution >= 0.6 is 22.6 Å². The Bertz CT molecular complexity index is 417. The van der Waals surface area contributed by atoms with E-state index < -0.39 is 0 Å². The van der Waals surface area contributed by atoms with Crippen molar-refractivity contribution in [3.8, 4) is 0 Å². The highest BCUT2D eigenvalue weighted by Crippen LogP contribution is 2.21. The number of ketones is 1. The molecule has 0 saturated carbocycles. The second-order valence-corrected chi connectivity index (χ2v) is 5.87. The molecular formula is C15H17IO. The number of rotatable bonds is 4. The molecule has 0 atom stereocenters. The first kappa shape index (κ1) is 12.8. The third-order valence-electron chi connectivity index (χ3n) is 3.12. The van der Waals surface area contributed by atoms with Crippen LogP contribution in [0, 0.1) is 3.57 Å². The smallest absolute Gasteiger partial charge is 0.141 e. The van der Waals surface area contributed by atoms with Gasteiger partial charge in [0, 0.05) is 16.4 Å². The van der Waals surface area contributed by atoms with Crippen molar-refractivity contribution in [2.24, 2.45) is 0 Å². The number of allylic oxidation sites excluding steroid dienone is 2. The molecule has 1 nitrogen and oxygen atoms in total. The third-order valence-corrected chi connectivity index (χ3v) is 3.84. The Kier molecular flexibility index (Phi) is 4.77. The normalized spacial score (nSPS) is 15.5.